The monoisotopic (exact) mass is 258 g/mol. The second-order valence-corrected chi connectivity index (χ2v) is 6.35. The number of methoxy groups -OCH3 is 1. The van der Waals surface area contributed by atoms with Gasteiger partial charge in [-0.3, -0.25) is 0 Å². The molecule has 0 saturated carbocycles. The van der Waals surface area contributed by atoms with Crippen LogP contribution in [0.5, 0.6) is 5.88 Å². The van der Waals surface area contributed by atoms with Gasteiger partial charge in [-0.2, -0.15) is 0 Å². The summed E-state index contributed by atoms with van der Waals surface area (Å²) < 4.78 is 26.9. The molecule has 0 aliphatic rings. The standard InChI is InChI=1S/C11H18N2O3S/c1-16-11-4-3-9(8-13-11)7-10(12)5-6-17(2,14)15/h3-4,8,10H,5-7,12H2,1-2H3. The fourth-order valence-corrected chi connectivity index (χ4v) is 2.15. The van der Waals surface area contributed by atoms with Gasteiger partial charge in [-0.15, -0.1) is 0 Å². The fraction of sp³-hybridized carbons (Fsp3) is 0.545. The van der Waals surface area contributed by atoms with Gasteiger partial charge in [0.25, 0.3) is 0 Å². The molecule has 0 amide bonds. The van der Waals surface area contributed by atoms with Crippen molar-refractivity contribution in [3.8, 4) is 5.88 Å². The van der Waals surface area contributed by atoms with Gasteiger partial charge < -0.3 is 10.5 Å². The van der Waals surface area contributed by atoms with E-state index in [0.717, 1.165) is 5.56 Å². The first-order chi connectivity index (χ1) is 7.90. The highest BCUT2D eigenvalue weighted by Gasteiger charge is 2.09. The third kappa shape index (κ3) is 5.65. The molecule has 6 heteroatoms. The van der Waals surface area contributed by atoms with Crippen LogP contribution in [-0.2, 0) is 16.3 Å². The molecule has 0 aromatic carbocycles. The van der Waals surface area contributed by atoms with E-state index in [0.29, 0.717) is 18.7 Å². The topological polar surface area (TPSA) is 82.3 Å². The van der Waals surface area contributed by atoms with Crippen molar-refractivity contribution in [1.29, 1.82) is 0 Å². The van der Waals surface area contributed by atoms with Crippen molar-refractivity contribution < 1.29 is 13.2 Å². The predicted molar refractivity (Wildman–Crippen MR) is 66.8 cm³/mol. The normalized spacial score (nSPS) is 13.4. The molecule has 17 heavy (non-hydrogen) atoms. The minimum atomic E-state index is -2.94. The van der Waals surface area contributed by atoms with Gasteiger partial charge in [-0.1, -0.05) is 6.07 Å². The molecular weight excluding hydrogens is 240 g/mol. The summed E-state index contributed by atoms with van der Waals surface area (Å²) in [5.74, 6) is 0.677. The van der Waals surface area contributed by atoms with Gasteiger partial charge in [-0.25, -0.2) is 13.4 Å². The van der Waals surface area contributed by atoms with E-state index in [4.69, 9.17) is 10.5 Å². The number of nitrogens with zero attached hydrogens (tertiary/aromatic N) is 1. The number of nitrogens with two attached hydrogens (primary N) is 1. The lowest BCUT2D eigenvalue weighted by Crippen LogP contribution is -2.25. The zero-order chi connectivity index (χ0) is 12.9. The summed E-state index contributed by atoms with van der Waals surface area (Å²) in [5, 5.41) is 0. The predicted octanol–water partition coefficient (Wildman–Crippen LogP) is 0.395. The van der Waals surface area contributed by atoms with Crippen molar-refractivity contribution >= 4 is 9.84 Å². The SMILES string of the molecule is COc1ccc(CC(N)CCS(C)(=O)=O)cn1. The third-order valence-corrected chi connectivity index (χ3v) is 3.34. The zero-order valence-electron chi connectivity index (χ0n) is 10.1. The summed E-state index contributed by atoms with van der Waals surface area (Å²) in [4.78, 5) is 4.06. The van der Waals surface area contributed by atoms with Crippen molar-refractivity contribution in [2.24, 2.45) is 5.73 Å². The van der Waals surface area contributed by atoms with E-state index in [-0.39, 0.29) is 11.8 Å². The molecule has 0 bridgehead atoms. The van der Waals surface area contributed by atoms with Crippen molar-refractivity contribution in [3.63, 3.8) is 0 Å². The van der Waals surface area contributed by atoms with Crippen LogP contribution >= 0.6 is 0 Å². The molecule has 5 nitrogen and oxygen atoms in total. The highest BCUT2D eigenvalue weighted by Crippen LogP contribution is 2.09. The second-order valence-electron chi connectivity index (χ2n) is 4.09. The minimum absolute atomic E-state index is 0.123. The van der Waals surface area contributed by atoms with Crippen molar-refractivity contribution in [2.75, 3.05) is 19.1 Å². The molecule has 1 atom stereocenters. The Morgan fingerprint density at radius 3 is 2.65 bits per heavy atom. The van der Waals surface area contributed by atoms with Gasteiger partial charge in [0.15, 0.2) is 0 Å². The Hall–Kier alpha value is -1.14. The largest absolute Gasteiger partial charge is 0.481 e. The lowest BCUT2D eigenvalue weighted by Gasteiger charge is -2.10. The van der Waals surface area contributed by atoms with Crippen LogP contribution in [0.25, 0.3) is 0 Å². The van der Waals surface area contributed by atoms with Gasteiger partial charge >= 0.3 is 0 Å². The summed E-state index contributed by atoms with van der Waals surface area (Å²) in [5.41, 5.74) is 6.84. The van der Waals surface area contributed by atoms with E-state index in [1.54, 1.807) is 19.4 Å². The lowest BCUT2D eigenvalue weighted by molar-refractivity contribution is 0.397. The van der Waals surface area contributed by atoms with Crippen LogP contribution in [0.15, 0.2) is 18.3 Å². The second kappa shape index (κ2) is 5.97. The molecule has 0 spiro atoms. The van der Waals surface area contributed by atoms with E-state index in [2.05, 4.69) is 4.98 Å². The summed E-state index contributed by atoms with van der Waals surface area (Å²) in [6, 6.07) is 3.48. The van der Waals surface area contributed by atoms with Crippen LogP contribution in [-0.4, -0.2) is 38.6 Å². The summed E-state index contributed by atoms with van der Waals surface area (Å²) in [6.45, 7) is 0. The number of aromatic nitrogens is 1. The molecule has 2 N–H and O–H groups in total. The van der Waals surface area contributed by atoms with Crippen LogP contribution in [0, 0.1) is 0 Å². The maximum Gasteiger partial charge on any atom is 0.212 e. The number of hydrogen-bond donors (Lipinski definition) is 1. The Kier molecular flexibility index (Phi) is 4.89. The van der Waals surface area contributed by atoms with E-state index in [9.17, 15) is 8.42 Å². The van der Waals surface area contributed by atoms with E-state index < -0.39 is 9.84 Å². The summed E-state index contributed by atoms with van der Waals surface area (Å²) in [6.07, 6.45) is 3.99. The Labute approximate surface area is 102 Å². The molecule has 96 valence electrons. The average molecular weight is 258 g/mol. The van der Waals surface area contributed by atoms with E-state index >= 15 is 0 Å². The molecule has 1 unspecified atom stereocenters. The van der Waals surface area contributed by atoms with E-state index in [1.807, 2.05) is 6.07 Å². The number of pyridine rings is 1. The molecular formula is C11H18N2O3S. The molecule has 0 aliphatic heterocycles. The van der Waals surface area contributed by atoms with Crippen LogP contribution in [0.1, 0.15) is 12.0 Å². The molecule has 1 rings (SSSR count). The smallest absolute Gasteiger partial charge is 0.212 e. The van der Waals surface area contributed by atoms with Gasteiger partial charge in [0.2, 0.25) is 5.88 Å². The highest BCUT2D eigenvalue weighted by atomic mass is 32.2. The molecule has 0 saturated heterocycles. The van der Waals surface area contributed by atoms with Gasteiger partial charge in [0, 0.05) is 24.6 Å². The number of sulfone groups is 1. The van der Waals surface area contributed by atoms with Crippen molar-refractivity contribution in [2.45, 2.75) is 18.9 Å². The Balaban J connectivity index is 2.47. The third-order valence-electron chi connectivity index (χ3n) is 2.36. The van der Waals surface area contributed by atoms with Crippen molar-refractivity contribution in [1.82, 2.24) is 4.98 Å². The Morgan fingerprint density at radius 2 is 2.18 bits per heavy atom. The average Bonchev–Trinajstić information content (AvgIpc) is 2.27. The number of rotatable bonds is 6. The van der Waals surface area contributed by atoms with Crippen LogP contribution < -0.4 is 10.5 Å². The number of hydrogen-bond acceptors (Lipinski definition) is 5. The van der Waals surface area contributed by atoms with Gasteiger partial charge in [-0.05, 0) is 18.4 Å². The van der Waals surface area contributed by atoms with Crippen molar-refractivity contribution in [3.05, 3.63) is 23.9 Å². The molecule has 1 aromatic heterocycles. The highest BCUT2D eigenvalue weighted by molar-refractivity contribution is 7.90. The maximum absolute atomic E-state index is 11.0. The summed E-state index contributed by atoms with van der Waals surface area (Å²) in [7, 11) is -1.38. The van der Waals surface area contributed by atoms with E-state index in [1.165, 1.54) is 6.26 Å². The number of ether oxygens (including phenoxy) is 1. The van der Waals surface area contributed by atoms with Crippen LogP contribution in [0.4, 0.5) is 0 Å². The maximum atomic E-state index is 11.0. The van der Waals surface area contributed by atoms with Gasteiger partial charge in [0.1, 0.15) is 9.84 Å². The van der Waals surface area contributed by atoms with Gasteiger partial charge in [0.05, 0.1) is 12.9 Å². The molecule has 0 aliphatic carbocycles. The molecule has 1 heterocycles. The zero-order valence-corrected chi connectivity index (χ0v) is 10.9. The molecule has 0 radical (unpaired) electrons. The Bertz CT molecular complexity index is 442. The van der Waals surface area contributed by atoms with Crippen LogP contribution in [0.3, 0.4) is 0 Å². The summed E-state index contributed by atoms with van der Waals surface area (Å²) >= 11 is 0. The fourth-order valence-electron chi connectivity index (χ4n) is 1.42. The minimum Gasteiger partial charge on any atom is -0.481 e. The lowest BCUT2D eigenvalue weighted by atomic mass is 10.1. The molecule has 0 fully saturated rings. The first-order valence-corrected chi connectivity index (χ1v) is 7.39. The van der Waals surface area contributed by atoms with Crippen LogP contribution in [0.2, 0.25) is 0 Å². The quantitative estimate of drug-likeness (QED) is 0.798. The first-order valence-electron chi connectivity index (χ1n) is 5.33. The Morgan fingerprint density at radius 1 is 1.47 bits per heavy atom. The first kappa shape index (κ1) is 13.9. The molecule has 1 aromatic rings.